The molecule has 112 valence electrons. The summed E-state index contributed by atoms with van der Waals surface area (Å²) in [4.78, 5) is 12.1. The van der Waals surface area contributed by atoms with Gasteiger partial charge in [0.2, 0.25) is 0 Å². The minimum absolute atomic E-state index is 0.892. The molecule has 1 nitrogen and oxygen atoms in total. The van der Waals surface area contributed by atoms with Crippen LogP contribution >= 0.6 is 11.3 Å². The molecule has 0 unspecified atom stereocenters. The van der Waals surface area contributed by atoms with Crippen LogP contribution in [0.2, 0.25) is 0 Å². The molecular weight excluding hydrogens is 276 g/mol. The van der Waals surface area contributed by atoms with E-state index in [1.807, 2.05) is 11.4 Å². The van der Waals surface area contributed by atoms with Gasteiger partial charge in [-0.2, -0.15) is 0 Å². The van der Waals surface area contributed by atoms with Gasteiger partial charge in [-0.1, -0.05) is 56.0 Å². The second-order valence-corrected chi connectivity index (χ2v) is 6.52. The summed E-state index contributed by atoms with van der Waals surface area (Å²) in [6, 6.07) is 12.7. The number of thiophene rings is 1. The highest BCUT2D eigenvalue weighted by atomic mass is 32.1. The molecule has 2 heteroatoms. The van der Waals surface area contributed by atoms with E-state index in [9.17, 15) is 4.79 Å². The Hall–Kier alpha value is -1.41. The van der Waals surface area contributed by atoms with E-state index in [0.717, 1.165) is 18.3 Å². The Morgan fingerprint density at radius 1 is 0.810 bits per heavy atom. The molecule has 1 aromatic heterocycles. The van der Waals surface area contributed by atoms with Crippen molar-refractivity contribution in [2.45, 2.75) is 51.4 Å². The van der Waals surface area contributed by atoms with Gasteiger partial charge in [0.1, 0.15) is 0 Å². The maximum Gasteiger partial charge on any atom is 0.151 e. The highest BCUT2D eigenvalue weighted by molar-refractivity contribution is 7.10. The number of aryl methyl sites for hydroxylation is 2. The monoisotopic (exact) mass is 300 g/mol. The van der Waals surface area contributed by atoms with Crippen molar-refractivity contribution >= 4 is 17.6 Å². The number of hydrogen-bond acceptors (Lipinski definition) is 2. The average Bonchev–Trinajstić information content (AvgIpc) is 2.98. The molecule has 1 aromatic carbocycles. The average molecular weight is 300 g/mol. The van der Waals surface area contributed by atoms with Gasteiger partial charge in [-0.25, -0.2) is 0 Å². The second-order valence-electron chi connectivity index (χ2n) is 5.52. The lowest BCUT2D eigenvalue weighted by molar-refractivity contribution is 0.112. The molecule has 0 amide bonds. The summed E-state index contributed by atoms with van der Waals surface area (Å²) in [6.45, 7) is 0. The Labute approximate surface area is 132 Å². The summed E-state index contributed by atoms with van der Waals surface area (Å²) in [7, 11) is 0. The predicted octanol–water partition coefficient (Wildman–Crippen LogP) is 5.69. The molecule has 0 saturated carbocycles. The summed E-state index contributed by atoms with van der Waals surface area (Å²) in [5.74, 6) is 0. The lowest BCUT2D eigenvalue weighted by Crippen LogP contribution is -1.88. The lowest BCUT2D eigenvalue weighted by Gasteiger charge is -2.03. The molecular formula is C19H24OS. The third-order valence-electron chi connectivity index (χ3n) is 3.87. The fraction of sp³-hybridized carbons (Fsp3) is 0.421. The molecule has 2 rings (SSSR count). The zero-order chi connectivity index (χ0) is 14.8. The topological polar surface area (TPSA) is 17.1 Å². The van der Waals surface area contributed by atoms with Crippen molar-refractivity contribution in [2.24, 2.45) is 0 Å². The van der Waals surface area contributed by atoms with Crippen molar-refractivity contribution in [3.05, 3.63) is 57.8 Å². The van der Waals surface area contributed by atoms with E-state index in [1.54, 1.807) is 11.3 Å². The Morgan fingerprint density at radius 3 is 2.19 bits per heavy atom. The van der Waals surface area contributed by atoms with Crippen LogP contribution in [0.3, 0.4) is 0 Å². The fourth-order valence-electron chi connectivity index (χ4n) is 2.63. The Bertz CT molecular complexity index is 515. The molecule has 0 fully saturated rings. The molecule has 0 saturated heterocycles. The third kappa shape index (κ3) is 5.84. The first-order valence-corrected chi connectivity index (χ1v) is 8.83. The molecule has 0 radical (unpaired) electrons. The summed E-state index contributed by atoms with van der Waals surface area (Å²) >= 11 is 1.71. The fourth-order valence-corrected chi connectivity index (χ4v) is 3.52. The van der Waals surface area contributed by atoms with Crippen LogP contribution in [-0.2, 0) is 12.8 Å². The molecule has 0 atom stereocenters. The number of rotatable bonds is 10. The zero-order valence-corrected chi connectivity index (χ0v) is 13.4. The number of hydrogen-bond donors (Lipinski definition) is 0. The van der Waals surface area contributed by atoms with Gasteiger partial charge in [-0.15, -0.1) is 11.3 Å². The van der Waals surface area contributed by atoms with E-state index in [4.69, 9.17) is 0 Å². The highest BCUT2D eigenvalue weighted by Gasteiger charge is 2.02. The molecule has 0 aliphatic carbocycles. The maximum absolute atomic E-state index is 10.8. The van der Waals surface area contributed by atoms with Crippen molar-refractivity contribution < 1.29 is 4.79 Å². The Kier molecular flexibility index (Phi) is 7.23. The lowest BCUT2D eigenvalue weighted by atomic mass is 10.0. The van der Waals surface area contributed by atoms with Gasteiger partial charge in [0.25, 0.3) is 0 Å². The molecule has 2 aromatic rings. The van der Waals surface area contributed by atoms with Crippen LogP contribution in [0.15, 0.2) is 41.8 Å². The largest absolute Gasteiger partial charge is 0.298 e. The van der Waals surface area contributed by atoms with Gasteiger partial charge in [0.15, 0.2) is 6.29 Å². The molecule has 0 bridgehead atoms. The molecule has 1 heterocycles. The molecule has 0 N–H and O–H groups in total. The van der Waals surface area contributed by atoms with Gasteiger partial charge in [0, 0.05) is 10.4 Å². The standard InChI is InChI=1S/C19H24OS/c20-16-18-14-15-21-19(18)13-9-4-2-1-3-6-10-17-11-7-5-8-12-17/h5,7-8,11-12,14-16H,1-4,6,9-10,13H2. The van der Waals surface area contributed by atoms with E-state index in [2.05, 4.69) is 30.3 Å². The van der Waals surface area contributed by atoms with Crippen LogP contribution in [-0.4, -0.2) is 6.29 Å². The van der Waals surface area contributed by atoms with Crippen molar-refractivity contribution in [1.29, 1.82) is 0 Å². The Balaban J connectivity index is 1.48. The zero-order valence-electron chi connectivity index (χ0n) is 12.6. The van der Waals surface area contributed by atoms with Gasteiger partial charge < -0.3 is 0 Å². The SMILES string of the molecule is O=Cc1ccsc1CCCCCCCCc1ccccc1. The first-order valence-electron chi connectivity index (χ1n) is 7.95. The van der Waals surface area contributed by atoms with Crippen LogP contribution in [0, 0.1) is 0 Å². The smallest absolute Gasteiger partial charge is 0.151 e. The minimum Gasteiger partial charge on any atom is -0.298 e. The van der Waals surface area contributed by atoms with Crippen molar-refractivity contribution in [3.63, 3.8) is 0 Å². The van der Waals surface area contributed by atoms with Gasteiger partial charge in [0.05, 0.1) is 0 Å². The van der Waals surface area contributed by atoms with Crippen LogP contribution in [0.5, 0.6) is 0 Å². The van der Waals surface area contributed by atoms with E-state index in [0.29, 0.717) is 0 Å². The first-order chi connectivity index (χ1) is 10.4. The third-order valence-corrected chi connectivity index (χ3v) is 4.87. The summed E-state index contributed by atoms with van der Waals surface area (Å²) in [6.07, 6.45) is 11.0. The number of benzene rings is 1. The molecule has 0 aliphatic heterocycles. The molecule has 21 heavy (non-hydrogen) atoms. The van der Waals surface area contributed by atoms with E-state index < -0.39 is 0 Å². The highest BCUT2D eigenvalue weighted by Crippen LogP contribution is 2.18. The quantitative estimate of drug-likeness (QED) is 0.407. The van der Waals surface area contributed by atoms with Gasteiger partial charge >= 0.3 is 0 Å². The molecule has 0 aliphatic rings. The normalized spacial score (nSPS) is 10.7. The van der Waals surface area contributed by atoms with Gasteiger partial charge in [-0.05, 0) is 42.7 Å². The number of aldehydes is 1. The molecule has 0 spiro atoms. The van der Waals surface area contributed by atoms with Crippen molar-refractivity contribution in [3.8, 4) is 0 Å². The first kappa shape index (κ1) is 16.0. The van der Waals surface area contributed by atoms with Crippen molar-refractivity contribution in [2.75, 3.05) is 0 Å². The van der Waals surface area contributed by atoms with E-state index >= 15 is 0 Å². The Morgan fingerprint density at radius 2 is 1.48 bits per heavy atom. The minimum atomic E-state index is 0.892. The van der Waals surface area contributed by atoms with E-state index in [1.165, 1.54) is 55.4 Å². The summed E-state index contributed by atoms with van der Waals surface area (Å²) < 4.78 is 0. The summed E-state index contributed by atoms with van der Waals surface area (Å²) in [5.41, 5.74) is 2.35. The van der Waals surface area contributed by atoms with Crippen LogP contribution in [0.1, 0.15) is 59.3 Å². The number of carbonyl (C=O) groups excluding carboxylic acids is 1. The van der Waals surface area contributed by atoms with Crippen molar-refractivity contribution in [1.82, 2.24) is 0 Å². The summed E-state index contributed by atoms with van der Waals surface area (Å²) in [5, 5.41) is 2.02. The van der Waals surface area contributed by atoms with Crippen LogP contribution in [0.25, 0.3) is 0 Å². The van der Waals surface area contributed by atoms with Gasteiger partial charge in [-0.3, -0.25) is 4.79 Å². The van der Waals surface area contributed by atoms with Crippen LogP contribution in [0.4, 0.5) is 0 Å². The number of unbranched alkanes of at least 4 members (excludes halogenated alkanes) is 5. The predicted molar refractivity (Wildman–Crippen MR) is 91.3 cm³/mol. The van der Waals surface area contributed by atoms with E-state index in [-0.39, 0.29) is 0 Å². The van der Waals surface area contributed by atoms with Crippen LogP contribution < -0.4 is 0 Å². The second kappa shape index (κ2) is 9.51. The maximum atomic E-state index is 10.8. The number of carbonyl (C=O) groups is 1.